The van der Waals surface area contributed by atoms with Gasteiger partial charge in [0, 0.05) is 16.3 Å². The van der Waals surface area contributed by atoms with Gasteiger partial charge >= 0.3 is 0 Å². The van der Waals surface area contributed by atoms with Gasteiger partial charge in [0.1, 0.15) is 11.2 Å². The molecule has 0 spiro atoms. The summed E-state index contributed by atoms with van der Waals surface area (Å²) in [5.74, 6) is 0. The summed E-state index contributed by atoms with van der Waals surface area (Å²) in [4.78, 5) is 0. The largest absolute Gasteiger partial charge is 0.455 e. The van der Waals surface area contributed by atoms with Crippen molar-refractivity contribution in [1.82, 2.24) is 0 Å². The zero-order valence-corrected chi connectivity index (χ0v) is 23.7. The molecule has 0 aliphatic carbocycles. The molecule has 0 N–H and O–H groups in total. The molecule has 0 saturated heterocycles. The van der Waals surface area contributed by atoms with E-state index < -0.39 is 30.2 Å². The molecule has 1 heteroatoms. The minimum atomic E-state index is -0.451. The minimum absolute atomic E-state index is 0.0605. The van der Waals surface area contributed by atoms with E-state index in [2.05, 4.69) is 0 Å². The monoisotopic (exact) mass is 583 g/mol. The van der Waals surface area contributed by atoms with Gasteiger partial charge in [0.05, 0.1) is 15.1 Å². The first-order chi connectivity index (χ1) is 26.9. The molecule has 1 nitrogen and oxygen atoms in total. The van der Waals surface area contributed by atoms with Crippen LogP contribution in [0.4, 0.5) is 0 Å². The Morgan fingerprint density at radius 1 is 0.356 bits per heavy atom. The van der Waals surface area contributed by atoms with Gasteiger partial charge in [-0.1, -0.05) is 158 Å². The predicted molar refractivity (Wildman–Crippen MR) is 190 cm³/mol. The quantitative estimate of drug-likeness (QED) is 0.188. The minimum Gasteiger partial charge on any atom is -0.455 e. The Kier molecular flexibility index (Phi) is 3.87. The van der Waals surface area contributed by atoms with Crippen LogP contribution in [0.15, 0.2) is 174 Å². The summed E-state index contributed by atoms with van der Waals surface area (Å²) in [5, 5.41) is 3.44. The molecule has 0 unspecified atom stereocenters. The van der Waals surface area contributed by atoms with Gasteiger partial charge in [-0.2, -0.15) is 0 Å². The Bertz CT molecular complexity index is 3050. The lowest BCUT2D eigenvalue weighted by Gasteiger charge is -2.20. The van der Waals surface area contributed by atoms with Gasteiger partial charge in [0.25, 0.3) is 0 Å². The number of hydrogen-bond donors (Lipinski definition) is 0. The second-order valence-corrected chi connectivity index (χ2v) is 10.8. The van der Waals surface area contributed by atoms with Crippen molar-refractivity contribution in [2.24, 2.45) is 0 Å². The molecule has 0 fully saturated rings. The van der Waals surface area contributed by atoms with Crippen molar-refractivity contribution < 1.29 is 19.5 Å². The molecule has 0 saturated carbocycles. The first-order valence-corrected chi connectivity index (χ1v) is 14.5. The second-order valence-electron chi connectivity index (χ2n) is 10.8. The van der Waals surface area contributed by atoms with Gasteiger partial charge in [-0.15, -0.1) is 0 Å². The average Bonchev–Trinajstić information content (AvgIpc) is 3.63. The summed E-state index contributed by atoms with van der Waals surface area (Å²) < 4.78 is 101. The lowest BCUT2D eigenvalue weighted by molar-refractivity contribution is 0.670. The van der Waals surface area contributed by atoms with Gasteiger partial charge in [-0.05, 0) is 72.6 Å². The summed E-state index contributed by atoms with van der Waals surface area (Å²) in [6, 6.07) is 28.4. The van der Waals surface area contributed by atoms with E-state index in [1.54, 1.807) is 12.1 Å². The third-order valence-corrected chi connectivity index (χ3v) is 8.33. The molecule has 9 aromatic rings. The Morgan fingerprint density at radius 2 is 0.911 bits per heavy atom. The molecule has 0 bridgehead atoms. The topological polar surface area (TPSA) is 13.1 Å². The van der Waals surface area contributed by atoms with Crippen LogP contribution in [0.1, 0.15) is 15.1 Å². The van der Waals surface area contributed by atoms with Crippen molar-refractivity contribution in [3.8, 4) is 44.5 Å². The first-order valence-electron chi connectivity index (χ1n) is 20.0. The van der Waals surface area contributed by atoms with Crippen molar-refractivity contribution in [3.05, 3.63) is 170 Å². The lowest BCUT2D eigenvalue weighted by Crippen LogP contribution is -1.93. The third-order valence-electron chi connectivity index (χ3n) is 8.33. The molecule has 8 aromatic carbocycles. The zero-order valence-electron chi connectivity index (χ0n) is 34.7. The van der Waals surface area contributed by atoms with E-state index in [0.717, 1.165) is 32.7 Å². The van der Waals surface area contributed by atoms with Crippen LogP contribution in [0.2, 0.25) is 0 Å². The molecule has 45 heavy (non-hydrogen) atoms. The van der Waals surface area contributed by atoms with E-state index in [1.165, 1.54) is 0 Å². The number of benzene rings is 8. The van der Waals surface area contributed by atoms with E-state index in [-0.39, 0.29) is 63.8 Å². The second kappa shape index (κ2) is 10.4. The SMILES string of the molecule is [2H]c1c([2H])c([2H])c(-c2ccc(-c3c4ccccc4c(-c4c([2H])c([2H])c5c(oc6c([2H])c([2H])c([2H])c([2H])c65)c4-c4ccccc4)c4ccccc34)cc2)c([2H])c1[2H]. The smallest absolute Gasteiger partial charge is 0.143 e. The molecule has 0 aliphatic heterocycles. The number of rotatable bonds is 4. The molecule has 0 radical (unpaired) electrons. The normalized spacial score (nSPS) is 15.0. The molecule has 9 rings (SSSR count). The maximum absolute atomic E-state index is 9.70. The zero-order chi connectivity index (χ0) is 39.3. The summed E-state index contributed by atoms with van der Waals surface area (Å²) in [5.41, 5.74) is 4.65. The predicted octanol–water partition coefficient (Wildman–Crippen LogP) is 12.6. The Morgan fingerprint density at radius 3 is 1.60 bits per heavy atom. The fraction of sp³-hybridized carbons (Fsp3) is 0. The molecular formula is C44H28O. The van der Waals surface area contributed by atoms with Crippen molar-refractivity contribution >= 4 is 43.5 Å². The molecule has 0 aliphatic rings. The first kappa shape index (κ1) is 16.8. The van der Waals surface area contributed by atoms with Crippen molar-refractivity contribution in [1.29, 1.82) is 0 Å². The highest BCUT2D eigenvalue weighted by Gasteiger charge is 2.22. The Balaban J connectivity index is 1.38. The maximum Gasteiger partial charge on any atom is 0.143 e. The van der Waals surface area contributed by atoms with Crippen LogP contribution in [0.25, 0.3) is 88.0 Å². The highest BCUT2D eigenvalue weighted by molar-refractivity contribution is 6.24. The van der Waals surface area contributed by atoms with E-state index in [0.29, 0.717) is 27.8 Å². The van der Waals surface area contributed by atoms with Crippen LogP contribution in [-0.2, 0) is 0 Å². The Labute approximate surface area is 277 Å². The number of furan rings is 1. The van der Waals surface area contributed by atoms with E-state index >= 15 is 0 Å². The van der Waals surface area contributed by atoms with Crippen LogP contribution >= 0.6 is 0 Å². The standard InChI is InChI=1S/C44H28O/c1-3-13-29(14-4-1)30-23-25-32(26-24-30)41-34-18-7-9-20-36(34)43(37-21-10-8-19-35(37)41)39-28-27-38-33-17-11-12-22-40(33)45-44(38)42(39)31-15-5-2-6-16-31/h1-28H/i1D,3D,4D,11D,12D,13D,14D,17D,22D,27D,28D. The summed E-state index contributed by atoms with van der Waals surface area (Å²) >= 11 is 0. The van der Waals surface area contributed by atoms with Gasteiger partial charge in [0.2, 0.25) is 0 Å². The van der Waals surface area contributed by atoms with Crippen LogP contribution in [0, 0.1) is 0 Å². The molecule has 0 atom stereocenters. The fourth-order valence-electron chi connectivity index (χ4n) is 6.39. The van der Waals surface area contributed by atoms with E-state index in [4.69, 9.17) is 16.8 Å². The van der Waals surface area contributed by atoms with Crippen LogP contribution in [-0.4, -0.2) is 0 Å². The number of para-hydroxylation sites is 1. The van der Waals surface area contributed by atoms with Gasteiger partial charge in [-0.3, -0.25) is 0 Å². The molecule has 1 aromatic heterocycles. The van der Waals surface area contributed by atoms with Crippen molar-refractivity contribution in [2.75, 3.05) is 0 Å². The van der Waals surface area contributed by atoms with Gasteiger partial charge in [-0.25, -0.2) is 0 Å². The summed E-state index contributed by atoms with van der Waals surface area (Å²) in [7, 11) is 0. The van der Waals surface area contributed by atoms with Crippen molar-refractivity contribution in [3.63, 3.8) is 0 Å². The maximum atomic E-state index is 9.70. The van der Waals surface area contributed by atoms with Crippen LogP contribution in [0.3, 0.4) is 0 Å². The molecule has 210 valence electrons. The molecular weight excluding hydrogens is 544 g/mol. The van der Waals surface area contributed by atoms with Gasteiger partial charge in [0.15, 0.2) is 0 Å². The highest BCUT2D eigenvalue weighted by Crippen LogP contribution is 2.48. The van der Waals surface area contributed by atoms with E-state index in [9.17, 15) is 2.74 Å². The van der Waals surface area contributed by atoms with Crippen LogP contribution < -0.4 is 0 Å². The fourth-order valence-corrected chi connectivity index (χ4v) is 6.39. The summed E-state index contributed by atoms with van der Waals surface area (Å²) in [6.45, 7) is 0. The third kappa shape index (κ3) is 4.09. The highest BCUT2D eigenvalue weighted by atomic mass is 16.3. The molecule has 0 amide bonds. The van der Waals surface area contributed by atoms with Crippen LogP contribution in [0.5, 0.6) is 0 Å². The summed E-state index contributed by atoms with van der Waals surface area (Å²) in [6.07, 6.45) is 0. The van der Waals surface area contributed by atoms with Crippen molar-refractivity contribution in [2.45, 2.75) is 0 Å². The molecule has 1 heterocycles. The van der Waals surface area contributed by atoms with E-state index in [1.807, 2.05) is 91.0 Å². The number of fused-ring (bicyclic) bond motifs is 5. The Hall–Kier alpha value is -5.92. The average molecular weight is 584 g/mol. The number of hydrogen-bond acceptors (Lipinski definition) is 1. The lowest BCUT2D eigenvalue weighted by atomic mass is 9.83. The van der Waals surface area contributed by atoms with Gasteiger partial charge < -0.3 is 4.42 Å².